The lowest BCUT2D eigenvalue weighted by molar-refractivity contribution is -0.115. The van der Waals surface area contributed by atoms with Crippen LogP contribution in [0.15, 0.2) is 60.0 Å². The average molecular weight is 388 g/mol. The second-order valence-electron chi connectivity index (χ2n) is 5.98. The molecule has 0 saturated carbocycles. The number of carbonyl (C=O) groups is 1. The van der Waals surface area contributed by atoms with E-state index in [2.05, 4.69) is 15.5 Å². The van der Waals surface area contributed by atoms with Gasteiger partial charge in [-0.25, -0.2) is 8.78 Å². The van der Waals surface area contributed by atoms with E-state index in [1.165, 1.54) is 11.8 Å². The minimum atomic E-state index is -0.692. The van der Waals surface area contributed by atoms with Gasteiger partial charge in [0.2, 0.25) is 5.91 Å². The number of halogens is 2. The number of thioether (sulfide) groups is 1. The number of amides is 1. The maximum Gasteiger partial charge on any atom is 0.237 e. The zero-order chi connectivity index (χ0) is 19.4. The van der Waals surface area contributed by atoms with E-state index in [-0.39, 0.29) is 11.7 Å². The molecule has 0 saturated heterocycles. The van der Waals surface area contributed by atoms with Crippen LogP contribution in [0.1, 0.15) is 25.5 Å². The highest BCUT2D eigenvalue weighted by atomic mass is 32.2. The molecule has 0 spiro atoms. The van der Waals surface area contributed by atoms with E-state index in [9.17, 15) is 13.6 Å². The number of hydrogen-bond donors (Lipinski definition) is 1. The minimum Gasteiger partial charge on any atom is -0.323 e. The van der Waals surface area contributed by atoms with Crippen molar-refractivity contribution in [1.29, 1.82) is 0 Å². The van der Waals surface area contributed by atoms with Crippen LogP contribution < -0.4 is 5.32 Å². The van der Waals surface area contributed by atoms with Crippen molar-refractivity contribution in [3.8, 4) is 0 Å². The molecule has 3 aromatic rings. The molecule has 3 rings (SSSR count). The lowest BCUT2D eigenvalue weighted by atomic mass is 10.1. The van der Waals surface area contributed by atoms with Crippen LogP contribution in [0.25, 0.3) is 0 Å². The van der Waals surface area contributed by atoms with Crippen molar-refractivity contribution in [2.24, 2.45) is 0 Å². The van der Waals surface area contributed by atoms with Gasteiger partial charge in [0.15, 0.2) is 5.16 Å². The van der Waals surface area contributed by atoms with Crippen LogP contribution in [0.4, 0.5) is 14.5 Å². The van der Waals surface area contributed by atoms with Crippen molar-refractivity contribution in [3.63, 3.8) is 0 Å². The zero-order valence-corrected chi connectivity index (χ0v) is 15.6. The largest absolute Gasteiger partial charge is 0.323 e. The molecular formula is C19H18F2N4OS. The summed E-state index contributed by atoms with van der Waals surface area (Å²) in [6.45, 7) is 3.68. The first-order chi connectivity index (χ1) is 13.0. The maximum absolute atomic E-state index is 13.7. The van der Waals surface area contributed by atoms with Gasteiger partial charge >= 0.3 is 0 Å². The number of hydrogen-bond acceptors (Lipinski definition) is 4. The Hall–Kier alpha value is -2.74. The first-order valence-electron chi connectivity index (χ1n) is 8.32. The smallest absolute Gasteiger partial charge is 0.237 e. The van der Waals surface area contributed by atoms with Crippen LogP contribution >= 0.6 is 11.8 Å². The summed E-state index contributed by atoms with van der Waals surface area (Å²) in [7, 11) is 0. The molecule has 0 aliphatic carbocycles. The molecule has 140 valence electrons. The van der Waals surface area contributed by atoms with E-state index < -0.39 is 22.8 Å². The van der Waals surface area contributed by atoms with E-state index >= 15 is 0 Å². The molecule has 1 aromatic heterocycles. The highest BCUT2D eigenvalue weighted by Crippen LogP contribution is 2.27. The molecular weight excluding hydrogens is 370 g/mol. The van der Waals surface area contributed by atoms with E-state index in [4.69, 9.17) is 0 Å². The summed E-state index contributed by atoms with van der Waals surface area (Å²) < 4.78 is 28.8. The molecule has 27 heavy (non-hydrogen) atoms. The molecule has 0 aliphatic rings. The fourth-order valence-corrected chi connectivity index (χ4v) is 3.42. The normalized spacial score (nSPS) is 13.2. The van der Waals surface area contributed by atoms with E-state index in [1.54, 1.807) is 13.3 Å². The van der Waals surface area contributed by atoms with Crippen LogP contribution in [0.3, 0.4) is 0 Å². The number of carbonyl (C=O) groups excluding carboxylic acids is 1. The van der Waals surface area contributed by atoms with E-state index in [0.717, 1.165) is 23.8 Å². The van der Waals surface area contributed by atoms with Gasteiger partial charge < -0.3 is 9.88 Å². The average Bonchev–Trinajstić information content (AvgIpc) is 3.12. The minimum absolute atomic E-state index is 0.0142. The molecule has 8 heteroatoms. The third kappa shape index (κ3) is 4.51. The first kappa shape index (κ1) is 19.0. The standard InChI is InChI=1S/C19H18F2N4OS/c1-12(14-6-4-3-5-7-14)25-11-22-24-19(25)27-13(2)18(26)23-17-10-15(20)8-9-16(17)21/h3-13H,1-2H3,(H,23,26)/t12-,13-/m1/s1. The maximum atomic E-state index is 13.7. The number of anilines is 1. The van der Waals surface area contributed by atoms with Crippen molar-refractivity contribution in [2.75, 3.05) is 5.32 Å². The Kier molecular flexibility index (Phi) is 5.85. The van der Waals surface area contributed by atoms with Gasteiger partial charge in [-0.15, -0.1) is 10.2 Å². The zero-order valence-electron chi connectivity index (χ0n) is 14.8. The third-order valence-corrected chi connectivity index (χ3v) is 5.15. The quantitative estimate of drug-likeness (QED) is 0.640. The second kappa shape index (κ2) is 8.30. The number of aromatic nitrogens is 3. The van der Waals surface area contributed by atoms with Crippen LogP contribution in [0, 0.1) is 11.6 Å². The topological polar surface area (TPSA) is 59.8 Å². The van der Waals surface area contributed by atoms with Crippen molar-refractivity contribution in [3.05, 3.63) is 72.1 Å². The lowest BCUT2D eigenvalue weighted by Gasteiger charge is -2.17. The number of benzene rings is 2. The summed E-state index contributed by atoms with van der Waals surface area (Å²) in [6, 6.07) is 12.8. The Morgan fingerprint density at radius 1 is 1.15 bits per heavy atom. The van der Waals surface area contributed by atoms with Gasteiger partial charge in [0.1, 0.15) is 18.0 Å². The number of nitrogens with zero attached hydrogens (tertiary/aromatic N) is 3. The summed E-state index contributed by atoms with van der Waals surface area (Å²) in [4.78, 5) is 12.4. The van der Waals surface area contributed by atoms with Gasteiger partial charge in [-0.2, -0.15) is 0 Å². The van der Waals surface area contributed by atoms with Crippen LogP contribution in [0.5, 0.6) is 0 Å². The monoisotopic (exact) mass is 388 g/mol. The Balaban J connectivity index is 1.71. The fraction of sp³-hybridized carbons (Fsp3) is 0.211. The Bertz CT molecular complexity index is 932. The number of nitrogens with one attached hydrogen (secondary N) is 1. The van der Waals surface area contributed by atoms with Crippen molar-refractivity contribution in [2.45, 2.75) is 30.3 Å². The molecule has 0 unspecified atom stereocenters. The molecule has 0 bridgehead atoms. The summed E-state index contributed by atoms with van der Waals surface area (Å²) in [5.41, 5.74) is 0.893. The van der Waals surface area contributed by atoms with Crippen molar-refractivity contribution < 1.29 is 13.6 Å². The van der Waals surface area contributed by atoms with Crippen molar-refractivity contribution in [1.82, 2.24) is 14.8 Å². The fourth-order valence-electron chi connectivity index (χ4n) is 2.51. The van der Waals surface area contributed by atoms with Gasteiger partial charge in [-0.05, 0) is 31.5 Å². The highest BCUT2D eigenvalue weighted by molar-refractivity contribution is 8.00. The van der Waals surface area contributed by atoms with E-state index in [1.807, 2.05) is 41.8 Å². The Labute approximate surface area is 159 Å². The molecule has 0 fully saturated rings. The van der Waals surface area contributed by atoms with Gasteiger partial charge in [0, 0.05) is 6.07 Å². The van der Waals surface area contributed by atoms with Gasteiger partial charge in [-0.3, -0.25) is 4.79 Å². The van der Waals surface area contributed by atoms with Crippen LogP contribution in [-0.2, 0) is 4.79 Å². The van der Waals surface area contributed by atoms with Crippen molar-refractivity contribution >= 4 is 23.4 Å². The predicted octanol–water partition coefficient (Wildman–Crippen LogP) is 4.28. The number of rotatable bonds is 6. The molecule has 2 aromatic carbocycles. The van der Waals surface area contributed by atoms with E-state index in [0.29, 0.717) is 5.16 Å². The van der Waals surface area contributed by atoms with Gasteiger partial charge in [0.05, 0.1) is 17.0 Å². The van der Waals surface area contributed by atoms with Gasteiger partial charge in [-0.1, -0.05) is 42.1 Å². The summed E-state index contributed by atoms with van der Waals surface area (Å²) in [6.07, 6.45) is 1.61. The van der Waals surface area contributed by atoms with Gasteiger partial charge in [0.25, 0.3) is 0 Å². The SMILES string of the molecule is C[C@H](c1ccccc1)n1cnnc1S[C@H](C)C(=O)Nc1cc(F)ccc1F. The molecule has 0 radical (unpaired) electrons. The third-order valence-electron chi connectivity index (χ3n) is 4.08. The second-order valence-corrected chi connectivity index (χ2v) is 7.29. The summed E-state index contributed by atoms with van der Waals surface area (Å²) in [5, 5.41) is 10.4. The lowest BCUT2D eigenvalue weighted by Crippen LogP contribution is -2.23. The predicted molar refractivity (Wildman–Crippen MR) is 101 cm³/mol. The summed E-state index contributed by atoms with van der Waals surface area (Å²) >= 11 is 1.20. The molecule has 5 nitrogen and oxygen atoms in total. The molecule has 1 N–H and O–H groups in total. The molecule has 1 amide bonds. The molecule has 2 atom stereocenters. The molecule has 1 heterocycles. The first-order valence-corrected chi connectivity index (χ1v) is 9.20. The van der Waals surface area contributed by atoms with Crippen LogP contribution in [-0.4, -0.2) is 25.9 Å². The Morgan fingerprint density at radius 3 is 2.63 bits per heavy atom. The Morgan fingerprint density at radius 2 is 1.89 bits per heavy atom. The highest BCUT2D eigenvalue weighted by Gasteiger charge is 2.21. The molecule has 0 aliphatic heterocycles. The van der Waals surface area contributed by atoms with Crippen LogP contribution in [0.2, 0.25) is 0 Å². The summed E-state index contributed by atoms with van der Waals surface area (Å²) in [5.74, 6) is -1.77.